The van der Waals surface area contributed by atoms with Crippen molar-refractivity contribution in [2.75, 3.05) is 6.61 Å². The van der Waals surface area contributed by atoms with Crippen molar-refractivity contribution in [1.82, 2.24) is 0 Å². The smallest absolute Gasteiger partial charge is 0.309 e. The quantitative estimate of drug-likeness (QED) is 0.765. The van der Waals surface area contributed by atoms with Gasteiger partial charge in [-0.25, -0.2) is 0 Å². The molecule has 3 heteroatoms. The number of ether oxygens (including phenoxy) is 1. The van der Waals surface area contributed by atoms with Crippen LogP contribution in [0.25, 0.3) is 16.2 Å². The summed E-state index contributed by atoms with van der Waals surface area (Å²) in [7, 11) is 0. The summed E-state index contributed by atoms with van der Waals surface area (Å²) in [6.45, 7) is 2.25. The number of benzene rings is 1. The number of carbonyl (C=O) groups excluding carboxylic acids is 1. The Morgan fingerprint density at radius 2 is 2.29 bits per heavy atom. The van der Waals surface area contributed by atoms with Crippen LogP contribution >= 0.6 is 11.3 Å². The SMILES string of the molecule is CCOC(=O)CC=Cc1ccc2ccsc2c1. The zero-order valence-corrected chi connectivity index (χ0v) is 10.5. The van der Waals surface area contributed by atoms with Crippen LogP contribution in [-0.4, -0.2) is 12.6 Å². The van der Waals surface area contributed by atoms with Gasteiger partial charge in [0, 0.05) is 4.70 Å². The number of esters is 1. The van der Waals surface area contributed by atoms with Gasteiger partial charge in [0.2, 0.25) is 0 Å². The van der Waals surface area contributed by atoms with Gasteiger partial charge in [0.25, 0.3) is 0 Å². The van der Waals surface area contributed by atoms with Gasteiger partial charge in [0.1, 0.15) is 0 Å². The minimum atomic E-state index is -0.180. The molecule has 2 aromatic rings. The second kappa shape index (κ2) is 5.64. The Labute approximate surface area is 105 Å². The summed E-state index contributed by atoms with van der Waals surface area (Å²) >= 11 is 1.72. The summed E-state index contributed by atoms with van der Waals surface area (Å²) in [5, 5.41) is 3.34. The highest BCUT2D eigenvalue weighted by Crippen LogP contribution is 2.22. The van der Waals surface area contributed by atoms with E-state index < -0.39 is 0 Å². The zero-order chi connectivity index (χ0) is 12.1. The van der Waals surface area contributed by atoms with Gasteiger partial charge < -0.3 is 4.74 Å². The van der Waals surface area contributed by atoms with Crippen molar-refractivity contribution < 1.29 is 9.53 Å². The van der Waals surface area contributed by atoms with Crippen LogP contribution in [0.15, 0.2) is 35.7 Å². The van der Waals surface area contributed by atoms with Crippen LogP contribution in [0.1, 0.15) is 18.9 Å². The van der Waals surface area contributed by atoms with E-state index in [-0.39, 0.29) is 5.97 Å². The molecule has 0 amide bonds. The van der Waals surface area contributed by atoms with E-state index in [0.717, 1.165) is 5.56 Å². The fourth-order valence-electron chi connectivity index (χ4n) is 1.59. The topological polar surface area (TPSA) is 26.3 Å². The Balaban J connectivity index is 2.02. The van der Waals surface area contributed by atoms with E-state index in [1.165, 1.54) is 10.1 Å². The van der Waals surface area contributed by atoms with Crippen molar-refractivity contribution in [1.29, 1.82) is 0 Å². The van der Waals surface area contributed by atoms with E-state index in [2.05, 4.69) is 29.6 Å². The number of carbonyl (C=O) groups is 1. The average molecular weight is 246 g/mol. The van der Waals surface area contributed by atoms with E-state index in [1.807, 2.05) is 19.1 Å². The molecule has 0 aliphatic rings. The molecular formula is C14H14O2S. The molecule has 0 spiro atoms. The minimum Gasteiger partial charge on any atom is -0.466 e. The van der Waals surface area contributed by atoms with Crippen LogP contribution in [0.4, 0.5) is 0 Å². The molecule has 1 aromatic carbocycles. The van der Waals surface area contributed by atoms with Gasteiger partial charge in [-0.1, -0.05) is 24.3 Å². The Bertz CT molecular complexity index is 540. The molecule has 0 atom stereocenters. The first-order valence-corrected chi connectivity index (χ1v) is 6.47. The van der Waals surface area contributed by atoms with Gasteiger partial charge in [-0.05, 0) is 35.4 Å². The number of fused-ring (bicyclic) bond motifs is 1. The zero-order valence-electron chi connectivity index (χ0n) is 9.68. The highest BCUT2D eigenvalue weighted by molar-refractivity contribution is 7.17. The largest absolute Gasteiger partial charge is 0.466 e. The second-order valence-corrected chi connectivity index (χ2v) is 4.58. The summed E-state index contributed by atoms with van der Waals surface area (Å²) in [5.41, 5.74) is 1.12. The predicted molar refractivity (Wildman–Crippen MR) is 72.1 cm³/mol. The van der Waals surface area contributed by atoms with E-state index in [0.29, 0.717) is 13.0 Å². The normalized spacial score (nSPS) is 11.1. The molecular weight excluding hydrogens is 232 g/mol. The first-order chi connectivity index (χ1) is 8.29. The van der Waals surface area contributed by atoms with Crippen LogP contribution < -0.4 is 0 Å². The van der Waals surface area contributed by atoms with E-state index in [1.54, 1.807) is 11.3 Å². The number of hydrogen-bond acceptors (Lipinski definition) is 3. The lowest BCUT2D eigenvalue weighted by Crippen LogP contribution is -2.01. The number of rotatable bonds is 4. The lowest BCUT2D eigenvalue weighted by molar-refractivity contribution is -0.142. The molecule has 1 heterocycles. The van der Waals surface area contributed by atoms with E-state index >= 15 is 0 Å². The fraction of sp³-hybridized carbons (Fsp3) is 0.214. The molecule has 0 bridgehead atoms. The molecule has 0 N–H and O–H groups in total. The average Bonchev–Trinajstić information content (AvgIpc) is 2.76. The molecule has 0 unspecified atom stereocenters. The molecule has 0 aliphatic carbocycles. The Morgan fingerprint density at radius 3 is 3.12 bits per heavy atom. The summed E-state index contributed by atoms with van der Waals surface area (Å²) in [5.74, 6) is -0.180. The third-order valence-electron chi connectivity index (χ3n) is 2.38. The highest BCUT2D eigenvalue weighted by Gasteiger charge is 1.97. The molecule has 2 rings (SSSR count). The van der Waals surface area contributed by atoms with E-state index in [9.17, 15) is 4.79 Å². The lowest BCUT2D eigenvalue weighted by atomic mass is 10.1. The van der Waals surface area contributed by atoms with Gasteiger partial charge >= 0.3 is 5.97 Å². The van der Waals surface area contributed by atoms with Crippen molar-refractivity contribution in [3.8, 4) is 0 Å². The number of thiophene rings is 1. The lowest BCUT2D eigenvalue weighted by Gasteiger charge is -1.97. The van der Waals surface area contributed by atoms with E-state index in [4.69, 9.17) is 4.74 Å². The molecule has 0 aliphatic heterocycles. The second-order valence-electron chi connectivity index (χ2n) is 3.63. The fourth-order valence-corrected chi connectivity index (χ4v) is 2.42. The maximum atomic E-state index is 11.1. The first-order valence-electron chi connectivity index (χ1n) is 5.59. The van der Waals surface area contributed by atoms with Crippen LogP contribution in [0, 0.1) is 0 Å². The first kappa shape index (κ1) is 11.9. The Morgan fingerprint density at radius 1 is 1.41 bits per heavy atom. The molecule has 0 saturated carbocycles. The molecule has 0 fully saturated rings. The molecule has 2 nitrogen and oxygen atoms in total. The van der Waals surface area contributed by atoms with Gasteiger partial charge in [0.05, 0.1) is 13.0 Å². The van der Waals surface area contributed by atoms with Crippen molar-refractivity contribution in [2.45, 2.75) is 13.3 Å². The third kappa shape index (κ3) is 3.17. The maximum Gasteiger partial charge on any atom is 0.309 e. The van der Waals surface area contributed by atoms with Crippen molar-refractivity contribution in [2.24, 2.45) is 0 Å². The van der Waals surface area contributed by atoms with Crippen LogP contribution in [0.5, 0.6) is 0 Å². The summed E-state index contributed by atoms with van der Waals surface area (Å²) in [4.78, 5) is 11.1. The summed E-state index contributed by atoms with van der Waals surface area (Å²) < 4.78 is 6.12. The minimum absolute atomic E-state index is 0.180. The van der Waals surface area contributed by atoms with Gasteiger partial charge in [-0.15, -0.1) is 11.3 Å². The molecule has 0 saturated heterocycles. The number of hydrogen-bond donors (Lipinski definition) is 0. The van der Waals surface area contributed by atoms with Crippen molar-refractivity contribution >= 4 is 33.5 Å². The monoisotopic (exact) mass is 246 g/mol. The molecule has 88 valence electrons. The van der Waals surface area contributed by atoms with Crippen LogP contribution in [-0.2, 0) is 9.53 Å². The highest BCUT2D eigenvalue weighted by atomic mass is 32.1. The van der Waals surface area contributed by atoms with Gasteiger partial charge in [0.15, 0.2) is 0 Å². The van der Waals surface area contributed by atoms with Crippen molar-refractivity contribution in [3.05, 3.63) is 41.3 Å². The standard InChI is InChI=1S/C14H14O2S/c1-2-16-14(15)5-3-4-11-6-7-12-8-9-17-13(12)10-11/h3-4,6-10H,2,5H2,1H3. The molecule has 17 heavy (non-hydrogen) atoms. The maximum absolute atomic E-state index is 11.1. The summed E-state index contributed by atoms with van der Waals surface area (Å²) in [6, 6.07) is 8.38. The molecule has 1 aromatic heterocycles. The van der Waals surface area contributed by atoms with Crippen molar-refractivity contribution in [3.63, 3.8) is 0 Å². The van der Waals surface area contributed by atoms with Crippen LogP contribution in [0.3, 0.4) is 0 Å². The van der Waals surface area contributed by atoms with Gasteiger partial charge in [-0.2, -0.15) is 0 Å². The Hall–Kier alpha value is -1.61. The predicted octanol–water partition coefficient (Wildman–Crippen LogP) is 3.87. The van der Waals surface area contributed by atoms with Crippen LogP contribution in [0.2, 0.25) is 0 Å². The third-order valence-corrected chi connectivity index (χ3v) is 3.26. The Kier molecular flexibility index (Phi) is 3.94. The summed E-state index contributed by atoms with van der Waals surface area (Å²) in [6.07, 6.45) is 4.12. The molecule has 0 radical (unpaired) electrons. The van der Waals surface area contributed by atoms with Gasteiger partial charge in [-0.3, -0.25) is 4.79 Å².